The van der Waals surface area contributed by atoms with E-state index in [0.29, 0.717) is 23.3 Å². The molecule has 0 aliphatic carbocycles. The molecule has 0 aliphatic rings. The molecule has 1 aromatic carbocycles. The number of hydrogen-bond donors (Lipinski definition) is 1. The number of nitrogens with zero attached hydrogens (tertiary/aromatic N) is 1. The number of rotatable bonds is 7. The first-order chi connectivity index (χ1) is 12.3. The van der Waals surface area contributed by atoms with E-state index in [1.54, 1.807) is 30.3 Å². The second-order valence-corrected chi connectivity index (χ2v) is 6.51. The molecule has 0 saturated heterocycles. The molecule has 0 unspecified atom stereocenters. The molecule has 0 radical (unpaired) electrons. The molecule has 0 aliphatic heterocycles. The topological polar surface area (TPSA) is 108 Å². The lowest BCUT2D eigenvalue weighted by atomic mass is 9.92. The van der Waals surface area contributed by atoms with Crippen LogP contribution in [0.1, 0.15) is 36.8 Å². The minimum atomic E-state index is -0.701. The Morgan fingerprint density at radius 2 is 1.88 bits per heavy atom. The predicted octanol–water partition coefficient (Wildman–Crippen LogP) is 2.35. The number of amides is 1. The number of ether oxygens (including phenoxy) is 2. The molecule has 8 nitrogen and oxygen atoms in total. The molecule has 1 aromatic heterocycles. The van der Waals surface area contributed by atoms with Crippen molar-refractivity contribution in [1.82, 2.24) is 5.16 Å². The Hall–Kier alpha value is -3.16. The molecule has 0 spiro atoms. The summed E-state index contributed by atoms with van der Waals surface area (Å²) in [5, 5.41) is 6.33. The van der Waals surface area contributed by atoms with Gasteiger partial charge in [-0.15, -0.1) is 0 Å². The molecule has 26 heavy (non-hydrogen) atoms. The van der Waals surface area contributed by atoms with Gasteiger partial charge in [0.15, 0.2) is 13.2 Å². The van der Waals surface area contributed by atoms with Crippen molar-refractivity contribution in [3.63, 3.8) is 0 Å². The molecule has 0 fully saturated rings. The van der Waals surface area contributed by atoms with Crippen LogP contribution in [-0.2, 0) is 19.7 Å². The number of hydrogen-bond acceptors (Lipinski definition) is 7. The zero-order valence-electron chi connectivity index (χ0n) is 14.8. The van der Waals surface area contributed by atoms with Gasteiger partial charge in [-0.1, -0.05) is 25.9 Å². The van der Waals surface area contributed by atoms with Crippen LogP contribution in [0.15, 0.2) is 34.9 Å². The SMILES string of the molecule is CC(C)(C)c1cc(NC(=O)COC(=O)COc2ccc(C=O)cc2)on1. The molecule has 1 amide bonds. The Morgan fingerprint density at radius 3 is 2.46 bits per heavy atom. The van der Waals surface area contributed by atoms with Crippen LogP contribution in [0.5, 0.6) is 5.75 Å². The van der Waals surface area contributed by atoms with Gasteiger partial charge in [-0.2, -0.15) is 0 Å². The second-order valence-electron chi connectivity index (χ2n) is 6.51. The summed E-state index contributed by atoms with van der Waals surface area (Å²) in [4.78, 5) is 33.9. The molecule has 2 aromatic rings. The van der Waals surface area contributed by atoms with Crippen molar-refractivity contribution in [2.75, 3.05) is 18.5 Å². The number of carbonyl (C=O) groups excluding carboxylic acids is 3. The first-order valence-electron chi connectivity index (χ1n) is 7.88. The molecule has 8 heteroatoms. The van der Waals surface area contributed by atoms with E-state index in [2.05, 4.69) is 10.5 Å². The van der Waals surface area contributed by atoms with Crippen molar-refractivity contribution in [3.8, 4) is 5.75 Å². The van der Waals surface area contributed by atoms with Gasteiger partial charge in [-0.05, 0) is 24.3 Å². The molecule has 138 valence electrons. The molecule has 0 atom stereocenters. The van der Waals surface area contributed by atoms with Crippen LogP contribution in [0.4, 0.5) is 5.88 Å². The standard InChI is InChI=1S/C18H20N2O6/c1-18(2,3)14-8-16(26-20-14)19-15(22)10-25-17(23)11-24-13-6-4-12(9-21)5-7-13/h4-9H,10-11H2,1-3H3,(H,19,22). The van der Waals surface area contributed by atoms with Crippen LogP contribution in [-0.4, -0.2) is 36.5 Å². The highest BCUT2D eigenvalue weighted by Crippen LogP contribution is 2.23. The van der Waals surface area contributed by atoms with E-state index >= 15 is 0 Å². The van der Waals surface area contributed by atoms with Crippen molar-refractivity contribution < 1.29 is 28.4 Å². The van der Waals surface area contributed by atoms with E-state index in [1.165, 1.54) is 0 Å². The van der Waals surface area contributed by atoms with E-state index in [-0.39, 0.29) is 17.9 Å². The van der Waals surface area contributed by atoms with Gasteiger partial charge in [0.1, 0.15) is 12.0 Å². The Morgan fingerprint density at radius 1 is 1.19 bits per heavy atom. The fourth-order valence-corrected chi connectivity index (χ4v) is 1.83. The Kier molecular flexibility index (Phi) is 6.11. The molecule has 1 N–H and O–H groups in total. The monoisotopic (exact) mass is 360 g/mol. The number of carbonyl (C=O) groups is 3. The fourth-order valence-electron chi connectivity index (χ4n) is 1.83. The van der Waals surface area contributed by atoms with Gasteiger partial charge in [-0.3, -0.25) is 14.9 Å². The maximum Gasteiger partial charge on any atom is 0.344 e. The molecule has 1 heterocycles. The normalized spacial score (nSPS) is 10.9. The zero-order chi connectivity index (χ0) is 19.2. The highest BCUT2D eigenvalue weighted by molar-refractivity contribution is 5.91. The van der Waals surface area contributed by atoms with Gasteiger partial charge in [0.25, 0.3) is 5.91 Å². The fraction of sp³-hybridized carbons (Fsp3) is 0.333. The number of aromatic nitrogens is 1. The van der Waals surface area contributed by atoms with E-state index < -0.39 is 18.5 Å². The van der Waals surface area contributed by atoms with Crippen molar-refractivity contribution in [2.24, 2.45) is 0 Å². The second kappa shape index (κ2) is 8.28. The van der Waals surface area contributed by atoms with Crippen molar-refractivity contribution in [3.05, 3.63) is 41.6 Å². The summed E-state index contributed by atoms with van der Waals surface area (Å²) >= 11 is 0. The zero-order valence-corrected chi connectivity index (χ0v) is 14.8. The first-order valence-corrected chi connectivity index (χ1v) is 7.88. The number of esters is 1. The highest BCUT2D eigenvalue weighted by atomic mass is 16.6. The Labute approximate surface area is 150 Å². The van der Waals surface area contributed by atoms with Crippen LogP contribution in [0.2, 0.25) is 0 Å². The van der Waals surface area contributed by atoms with Crippen molar-refractivity contribution in [2.45, 2.75) is 26.2 Å². The van der Waals surface area contributed by atoms with Crippen molar-refractivity contribution in [1.29, 1.82) is 0 Å². The smallest absolute Gasteiger partial charge is 0.344 e. The Bertz CT molecular complexity index is 774. The summed E-state index contributed by atoms with van der Waals surface area (Å²) < 4.78 is 15.1. The van der Waals surface area contributed by atoms with Crippen LogP contribution in [0.3, 0.4) is 0 Å². The van der Waals surface area contributed by atoms with Gasteiger partial charge in [0.05, 0.1) is 5.69 Å². The lowest BCUT2D eigenvalue weighted by molar-refractivity contribution is -0.149. The van der Waals surface area contributed by atoms with Gasteiger partial charge < -0.3 is 14.0 Å². The molecule has 2 rings (SSSR count). The summed E-state index contributed by atoms with van der Waals surface area (Å²) in [6.07, 6.45) is 0.704. The van der Waals surface area contributed by atoms with Crippen LogP contribution >= 0.6 is 0 Å². The third kappa shape index (κ3) is 5.73. The largest absolute Gasteiger partial charge is 0.482 e. The molecular formula is C18H20N2O6. The molecule has 0 saturated carbocycles. The predicted molar refractivity (Wildman–Crippen MR) is 92.1 cm³/mol. The van der Waals surface area contributed by atoms with Gasteiger partial charge in [-0.25, -0.2) is 4.79 Å². The third-order valence-electron chi connectivity index (χ3n) is 3.28. The average Bonchev–Trinajstić information content (AvgIpc) is 3.07. The van der Waals surface area contributed by atoms with E-state index in [1.807, 2.05) is 20.8 Å². The van der Waals surface area contributed by atoms with Crippen molar-refractivity contribution >= 4 is 24.0 Å². The average molecular weight is 360 g/mol. The van der Waals surface area contributed by atoms with Crippen LogP contribution in [0, 0.1) is 0 Å². The van der Waals surface area contributed by atoms with E-state index in [0.717, 1.165) is 0 Å². The van der Waals surface area contributed by atoms with E-state index in [9.17, 15) is 14.4 Å². The highest BCUT2D eigenvalue weighted by Gasteiger charge is 2.20. The first kappa shape index (κ1) is 19.2. The van der Waals surface area contributed by atoms with Gasteiger partial charge in [0, 0.05) is 17.0 Å². The van der Waals surface area contributed by atoms with Crippen LogP contribution in [0.25, 0.3) is 0 Å². The number of anilines is 1. The molecular weight excluding hydrogens is 340 g/mol. The van der Waals surface area contributed by atoms with Gasteiger partial charge in [0.2, 0.25) is 5.88 Å². The number of nitrogens with one attached hydrogen (secondary N) is 1. The Balaban J connectivity index is 1.73. The minimum Gasteiger partial charge on any atom is -0.482 e. The maximum atomic E-state index is 11.8. The van der Waals surface area contributed by atoms with Crippen LogP contribution < -0.4 is 10.1 Å². The lowest BCUT2D eigenvalue weighted by Crippen LogP contribution is -2.23. The third-order valence-corrected chi connectivity index (χ3v) is 3.28. The quantitative estimate of drug-likeness (QED) is 0.596. The summed E-state index contributed by atoms with van der Waals surface area (Å²) in [6, 6.07) is 7.85. The summed E-state index contributed by atoms with van der Waals surface area (Å²) in [5.41, 5.74) is 0.984. The summed E-state index contributed by atoms with van der Waals surface area (Å²) in [5.74, 6) is -0.659. The summed E-state index contributed by atoms with van der Waals surface area (Å²) in [7, 11) is 0. The minimum absolute atomic E-state index is 0.183. The number of benzene rings is 1. The maximum absolute atomic E-state index is 11.8. The lowest BCUT2D eigenvalue weighted by Gasteiger charge is -2.12. The molecule has 0 bridgehead atoms. The van der Waals surface area contributed by atoms with E-state index in [4.69, 9.17) is 14.0 Å². The van der Waals surface area contributed by atoms with Gasteiger partial charge >= 0.3 is 5.97 Å². The number of aldehydes is 1. The summed E-state index contributed by atoms with van der Waals surface area (Å²) in [6.45, 7) is 5.06.